The fraction of sp³-hybridized carbons (Fsp3) is 0.400. The minimum Gasteiger partial charge on any atom is -0.466 e. The van der Waals surface area contributed by atoms with E-state index in [2.05, 4.69) is 9.72 Å². The smallest absolute Gasteiger partial charge is 0.310 e. The molecule has 1 aromatic rings. The van der Waals surface area contributed by atoms with Gasteiger partial charge in [-0.3, -0.25) is 9.78 Å². The third-order valence-electron chi connectivity index (χ3n) is 1.91. The largest absolute Gasteiger partial charge is 0.466 e. The number of nitrogens with zero attached hydrogens (tertiary/aromatic N) is 1. The Morgan fingerprint density at radius 1 is 1.59 bits per heavy atom. The van der Waals surface area contributed by atoms with Crippen molar-refractivity contribution in [3.8, 4) is 0 Å². The van der Waals surface area contributed by atoms with E-state index in [1.807, 2.05) is 0 Å². The van der Waals surface area contributed by atoms with Gasteiger partial charge in [-0.15, -0.1) is 0 Å². The van der Waals surface area contributed by atoms with Gasteiger partial charge in [0.1, 0.15) is 5.69 Å². The Bertz CT molecular complexity index is 426. The van der Waals surface area contributed by atoms with Gasteiger partial charge < -0.3 is 4.74 Å². The van der Waals surface area contributed by atoms with Crippen molar-refractivity contribution in [2.75, 3.05) is 6.61 Å². The number of pyridine rings is 1. The normalized spacial score (nSPS) is 10.7. The molecule has 0 aliphatic rings. The monoisotopic (exact) mass is 267 g/mol. The maximum absolute atomic E-state index is 13.3. The van der Waals surface area contributed by atoms with Crippen LogP contribution in [0.25, 0.3) is 0 Å². The van der Waals surface area contributed by atoms with Crippen LogP contribution in [0.2, 0.25) is 5.02 Å². The Hall–Kier alpha value is -1.30. The summed E-state index contributed by atoms with van der Waals surface area (Å²) in [5.74, 6) is -1.93. The molecule has 0 amide bonds. The zero-order chi connectivity index (χ0) is 13.0. The van der Waals surface area contributed by atoms with Crippen molar-refractivity contribution < 1.29 is 22.7 Å². The standard InChI is InChI=1S/C10H9ClF3NO2/c1-2-17-6(16)3-5-4-15-9(10(13)14)8(12)7(5)11/h4,10H,2-3H2,1H3. The lowest BCUT2D eigenvalue weighted by Gasteiger charge is -2.07. The molecule has 17 heavy (non-hydrogen) atoms. The number of carbonyl (C=O) groups is 1. The maximum Gasteiger partial charge on any atom is 0.310 e. The molecule has 0 aliphatic heterocycles. The first-order valence-corrected chi connectivity index (χ1v) is 5.11. The summed E-state index contributed by atoms with van der Waals surface area (Å²) in [5, 5.41) is -0.525. The van der Waals surface area contributed by atoms with Crippen molar-refractivity contribution in [3.63, 3.8) is 0 Å². The van der Waals surface area contributed by atoms with Crippen LogP contribution < -0.4 is 0 Å². The Kier molecular flexibility index (Phi) is 4.74. The third-order valence-corrected chi connectivity index (χ3v) is 2.31. The van der Waals surface area contributed by atoms with E-state index in [-0.39, 0.29) is 18.6 Å². The first-order chi connectivity index (χ1) is 7.97. The van der Waals surface area contributed by atoms with Gasteiger partial charge in [-0.25, -0.2) is 13.2 Å². The summed E-state index contributed by atoms with van der Waals surface area (Å²) in [6, 6.07) is 0. The first kappa shape index (κ1) is 13.8. The summed E-state index contributed by atoms with van der Waals surface area (Å²) in [6.45, 7) is 1.78. The van der Waals surface area contributed by atoms with Crippen LogP contribution in [0.4, 0.5) is 13.2 Å². The Labute approximate surface area is 101 Å². The number of aromatic nitrogens is 1. The number of ether oxygens (including phenoxy) is 1. The van der Waals surface area contributed by atoms with Crippen molar-refractivity contribution in [2.24, 2.45) is 0 Å². The topological polar surface area (TPSA) is 39.2 Å². The van der Waals surface area contributed by atoms with Gasteiger partial charge in [0.25, 0.3) is 6.43 Å². The van der Waals surface area contributed by atoms with Crippen LogP contribution in [0, 0.1) is 5.82 Å². The van der Waals surface area contributed by atoms with Crippen LogP contribution in [-0.4, -0.2) is 17.6 Å². The summed E-state index contributed by atoms with van der Waals surface area (Å²) in [6.07, 6.45) is -2.41. The van der Waals surface area contributed by atoms with Crippen LogP contribution in [0.15, 0.2) is 6.20 Å². The van der Waals surface area contributed by atoms with Gasteiger partial charge >= 0.3 is 5.97 Å². The molecule has 0 saturated carbocycles. The Morgan fingerprint density at radius 2 is 2.24 bits per heavy atom. The van der Waals surface area contributed by atoms with Crippen molar-refractivity contribution >= 4 is 17.6 Å². The highest BCUT2D eigenvalue weighted by molar-refractivity contribution is 6.31. The van der Waals surface area contributed by atoms with Crippen LogP contribution in [-0.2, 0) is 16.0 Å². The lowest BCUT2D eigenvalue weighted by atomic mass is 10.2. The van der Waals surface area contributed by atoms with Crippen LogP contribution in [0.1, 0.15) is 24.6 Å². The molecular formula is C10H9ClF3NO2. The second kappa shape index (κ2) is 5.86. The molecule has 7 heteroatoms. The summed E-state index contributed by atoms with van der Waals surface area (Å²) in [4.78, 5) is 14.4. The predicted octanol–water partition coefficient (Wildman–Crippen LogP) is 2.92. The van der Waals surface area contributed by atoms with Gasteiger partial charge in [-0.2, -0.15) is 0 Å². The molecule has 1 heterocycles. The molecule has 0 spiro atoms. The van der Waals surface area contributed by atoms with Crippen LogP contribution in [0.5, 0.6) is 0 Å². The fourth-order valence-corrected chi connectivity index (χ4v) is 1.37. The Morgan fingerprint density at radius 3 is 2.76 bits per heavy atom. The molecule has 94 valence electrons. The second-order valence-corrected chi connectivity index (χ2v) is 3.46. The molecule has 0 radical (unpaired) electrons. The van der Waals surface area contributed by atoms with Gasteiger partial charge in [0.2, 0.25) is 0 Å². The minimum atomic E-state index is -3.05. The molecule has 0 fully saturated rings. The molecule has 0 N–H and O–H groups in total. The van der Waals surface area contributed by atoms with Crippen molar-refractivity contribution in [1.29, 1.82) is 0 Å². The number of halogens is 4. The number of esters is 1. The summed E-state index contributed by atoms with van der Waals surface area (Å²) in [7, 11) is 0. The second-order valence-electron chi connectivity index (χ2n) is 3.08. The van der Waals surface area contributed by atoms with Gasteiger partial charge in [-0.1, -0.05) is 11.6 Å². The molecule has 0 saturated heterocycles. The number of rotatable bonds is 4. The average Bonchev–Trinajstić information content (AvgIpc) is 2.25. The first-order valence-electron chi connectivity index (χ1n) is 4.73. The zero-order valence-electron chi connectivity index (χ0n) is 8.84. The van der Waals surface area contributed by atoms with E-state index in [1.54, 1.807) is 6.92 Å². The Balaban J connectivity index is 2.96. The minimum absolute atomic E-state index is 0.0204. The van der Waals surface area contributed by atoms with E-state index in [0.29, 0.717) is 0 Å². The summed E-state index contributed by atoms with van der Waals surface area (Å²) < 4.78 is 42.5. The van der Waals surface area contributed by atoms with E-state index in [1.165, 1.54) is 0 Å². The molecule has 1 rings (SSSR count). The van der Waals surface area contributed by atoms with Gasteiger partial charge in [0, 0.05) is 11.8 Å². The van der Waals surface area contributed by atoms with E-state index >= 15 is 0 Å². The quantitative estimate of drug-likeness (QED) is 0.788. The highest BCUT2D eigenvalue weighted by Gasteiger charge is 2.21. The maximum atomic E-state index is 13.3. The van der Waals surface area contributed by atoms with Crippen LogP contribution in [0.3, 0.4) is 0 Å². The fourth-order valence-electron chi connectivity index (χ4n) is 1.16. The van der Waals surface area contributed by atoms with E-state index < -0.39 is 28.9 Å². The molecule has 1 aromatic heterocycles. The van der Waals surface area contributed by atoms with Gasteiger partial charge in [0.15, 0.2) is 5.82 Å². The SMILES string of the molecule is CCOC(=O)Cc1cnc(C(F)F)c(F)c1Cl. The number of alkyl halides is 2. The number of hydrogen-bond donors (Lipinski definition) is 0. The number of hydrogen-bond acceptors (Lipinski definition) is 3. The molecular weight excluding hydrogens is 259 g/mol. The van der Waals surface area contributed by atoms with Crippen molar-refractivity contribution in [3.05, 3.63) is 28.3 Å². The molecule has 0 aromatic carbocycles. The predicted molar refractivity (Wildman–Crippen MR) is 54.5 cm³/mol. The van der Waals surface area contributed by atoms with E-state index in [9.17, 15) is 18.0 Å². The molecule has 0 unspecified atom stereocenters. The molecule has 0 atom stereocenters. The number of carbonyl (C=O) groups excluding carboxylic acids is 1. The van der Waals surface area contributed by atoms with Crippen molar-refractivity contribution in [1.82, 2.24) is 4.98 Å². The lowest BCUT2D eigenvalue weighted by Crippen LogP contribution is -2.09. The van der Waals surface area contributed by atoms with Gasteiger partial charge in [0.05, 0.1) is 18.1 Å². The molecule has 0 bridgehead atoms. The van der Waals surface area contributed by atoms with Gasteiger partial charge in [-0.05, 0) is 6.92 Å². The summed E-state index contributed by atoms with van der Waals surface area (Å²) >= 11 is 5.53. The van der Waals surface area contributed by atoms with E-state index in [0.717, 1.165) is 6.20 Å². The third kappa shape index (κ3) is 3.33. The average molecular weight is 268 g/mol. The molecule has 0 aliphatic carbocycles. The summed E-state index contributed by atoms with van der Waals surface area (Å²) in [5.41, 5.74) is -1.00. The van der Waals surface area contributed by atoms with E-state index in [4.69, 9.17) is 11.6 Å². The zero-order valence-corrected chi connectivity index (χ0v) is 9.60. The highest BCUT2D eigenvalue weighted by atomic mass is 35.5. The lowest BCUT2D eigenvalue weighted by molar-refractivity contribution is -0.142. The van der Waals surface area contributed by atoms with Crippen molar-refractivity contribution in [2.45, 2.75) is 19.8 Å². The van der Waals surface area contributed by atoms with Crippen LogP contribution >= 0.6 is 11.6 Å². The highest BCUT2D eigenvalue weighted by Crippen LogP contribution is 2.27. The molecule has 3 nitrogen and oxygen atoms in total.